The zero-order valence-electron chi connectivity index (χ0n) is 20.2. The number of aliphatic carboxylic acids is 2. The molecular weight excluding hydrogens is 488 g/mol. The summed E-state index contributed by atoms with van der Waals surface area (Å²) >= 11 is 1.56. The Kier molecular flexibility index (Phi) is 11.7. The number of carbonyl (C=O) groups excluding carboxylic acids is 3. The molecule has 0 saturated carbocycles. The number of nitrogens with zero attached hydrogens (tertiary/aromatic N) is 1. The molecule has 3 amide bonds. The molecular formula is C24H34N4O7S. The molecule has 1 aromatic rings. The van der Waals surface area contributed by atoms with Gasteiger partial charge in [0.05, 0.1) is 6.04 Å². The molecule has 4 unspecified atom stereocenters. The summed E-state index contributed by atoms with van der Waals surface area (Å²) in [7, 11) is 0. The van der Waals surface area contributed by atoms with Crippen molar-refractivity contribution in [2.75, 3.05) is 18.6 Å². The smallest absolute Gasteiger partial charge is 0.326 e. The average Bonchev–Trinajstić information content (AvgIpc) is 3.34. The fourth-order valence-electron chi connectivity index (χ4n) is 4.01. The Morgan fingerprint density at radius 3 is 2.39 bits per heavy atom. The van der Waals surface area contributed by atoms with Crippen LogP contribution in [0.25, 0.3) is 0 Å². The van der Waals surface area contributed by atoms with Gasteiger partial charge >= 0.3 is 11.9 Å². The van der Waals surface area contributed by atoms with Gasteiger partial charge in [0.25, 0.3) is 0 Å². The van der Waals surface area contributed by atoms with Crippen LogP contribution in [-0.2, 0) is 30.4 Å². The van der Waals surface area contributed by atoms with E-state index in [1.165, 1.54) is 4.90 Å². The Bertz CT molecular complexity index is 930. The number of likely N-dealkylation sites (tertiary alicyclic amines) is 1. The molecule has 1 fully saturated rings. The highest BCUT2D eigenvalue weighted by Crippen LogP contribution is 2.20. The molecule has 2 rings (SSSR count). The summed E-state index contributed by atoms with van der Waals surface area (Å²) in [6.07, 6.45) is 2.70. The van der Waals surface area contributed by atoms with Crippen LogP contribution in [0, 0.1) is 0 Å². The van der Waals surface area contributed by atoms with Gasteiger partial charge in [0.15, 0.2) is 0 Å². The molecule has 12 heteroatoms. The van der Waals surface area contributed by atoms with E-state index in [1.54, 1.807) is 42.1 Å². The lowest BCUT2D eigenvalue weighted by atomic mass is 10.0. The molecule has 1 saturated heterocycles. The summed E-state index contributed by atoms with van der Waals surface area (Å²) in [5.41, 5.74) is 6.69. The minimum absolute atomic E-state index is 0.0142. The molecule has 36 heavy (non-hydrogen) atoms. The van der Waals surface area contributed by atoms with Gasteiger partial charge in [-0.1, -0.05) is 30.3 Å². The number of nitrogens with one attached hydrogen (secondary N) is 2. The molecule has 11 nitrogen and oxygen atoms in total. The minimum atomic E-state index is -1.28. The fourth-order valence-corrected chi connectivity index (χ4v) is 4.50. The number of carboxylic acid groups (broad SMARTS) is 2. The zero-order valence-corrected chi connectivity index (χ0v) is 21.0. The quantitative estimate of drug-likeness (QED) is 0.228. The van der Waals surface area contributed by atoms with E-state index in [9.17, 15) is 29.1 Å². The van der Waals surface area contributed by atoms with E-state index in [-0.39, 0.29) is 18.7 Å². The first kappa shape index (κ1) is 29.1. The van der Waals surface area contributed by atoms with Crippen molar-refractivity contribution in [2.24, 2.45) is 5.73 Å². The average molecular weight is 523 g/mol. The second-order valence-electron chi connectivity index (χ2n) is 8.66. The maximum atomic E-state index is 13.1. The summed E-state index contributed by atoms with van der Waals surface area (Å²) in [5, 5.41) is 23.6. The van der Waals surface area contributed by atoms with E-state index in [1.807, 2.05) is 6.26 Å². The van der Waals surface area contributed by atoms with Crippen molar-refractivity contribution in [3.05, 3.63) is 35.9 Å². The number of nitrogens with two attached hydrogens (primary N) is 1. The maximum absolute atomic E-state index is 13.1. The van der Waals surface area contributed by atoms with Crippen LogP contribution in [-0.4, -0.2) is 87.5 Å². The van der Waals surface area contributed by atoms with Crippen molar-refractivity contribution >= 4 is 41.4 Å². The molecule has 0 aliphatic carbocycles. The number of hydrogen-bond donors (Lipinski definition) is 5. The van der Waals surface area contributed by atoms with Gasteiger partial charge in [-0.3, -0.25) is 19.2 Å². The molecule has 1 aliphatic rings. The van der Waals surface area contributed by atoms with Crippen LogP contribution in [0.4, 0.5) is 0 Å². The topological polar surface area (TPSA) is 179 Å². The Morgan fingerprint density at radius 1 is 1.08 bits per heavy atom. The first-order chi connectivity index (χ1) is 17.1. The van der Waals surface area contributed by atoms with Crippen LogP contribution in [0.5, 0.6) is 0 Å². The van der Waals surface area contributed by atoms with Gasteiger partial charge in [-0.25, -0.2) is 4.79 Å². The molecule has 6 N–H and O–H groups in total. The van der Waals surface area contributed by atoms with Crippen molar-refractivity contribution in [1.29, 1.82) is 0 Å². The predicted molar refractivity (Wildman–Crippen MR) is 134 cm³/mol. The normalized spacial score (nSPS) is 17.6. The van der Waals surface area contributed by atoms with E-state index in [4.69, 9.17) is 10.8 Å². The highest BCUT2D eigenvalue weighted by Gasteiger charge is 2.38. The van der Waals surface area contributed by atoms with Gasteiger partial charge in [-0.05, 0) is 43.3 Å². The first-order valence-corrected chi connectivity index (χ1v) is 13.2. The van der Waals surface area contributed by atoms with Crippen molar-refractivity contribution in [1.82, 2.24) is 15.5 Å². The standard InChI is InChI=1S/C24H34N4O7S/c1-36-13-11-16(25)23(33)28-12-5-8-19(28)22(32)26-17(9-10-20(29)30)21(31)27-18(24(34)35)14-15-6-3-2-4-7-15/h2-4,6-7,16-19H,5,8-14,25H2,1H3,(H,26,32)(H,27,31)(H,29,30)(H,34,35). The molecule has 0 bridgehead atoms. The highest BCUT2D eigenvalue weighted by molar-refractivity contribution is 7.98. The van der Waals surface area contributed by atoms with E-state index >= 15 is 0 Å². The number of thioether (sulfide) groups is 1. The third-order valence-electron chi connectivity index (χ3n) is 5.97. The number of amides is 3. The minimum Gasteiger partial charge on any atom is -0.481 e. The van der Waals surface area contributed by atoms with E-state index < -0.39 is 54.3 Å². The molecule has 0 aromatic heterocycles. The van der Waals surface area contributed by atoms with Crippen LogP contribution in [0.1, 0.15) is 37.7 Å². The summed E-state index contributed by atoms with van der Waals surface area (Å²) in [5.74, 6) is -3.48. The number of benzene rings is 1. The Hall–Kier alpha value is -3.12. The molecule has 1 aliphatic heterocycles. The second kappa shape index (κ2) is 14.4. The monoisotopic (exact) mass is 522 g/mol. The van der Waals surface area contributed by atoms with E-state index in [0.29, 0.717) is 37.1 Å². The zero-order chi connectivity index (χ0) is 26.7. The molecule has 0 radical (unpaired) electrons. The SMILES string of the molecule is CSCCC(N)C(=O)N1CCCC1C(=O)NC(CCC(=O)O)C(=O)NC(Cc1ccccc1)C(=O)O. The van der Waals surface area contributed by atoms with Gasteiger partial charge in [0.1, 0.15) is 18.1 Å². The fraction of sp³-hybridized carbons (Fsp3) is 0.542. The van der Waals surface area contributed by atoms with E-state index in [0.717, 1.165) is 0 Å². The lowest BCUT2D eigenvalue weighted by Gasteiger charge is -2.28. The van der Waals surface area contributed by atoms with Crippen molar-refractivity contribution in [3.8, 4) is 0 Å². The van der Waals surface area contributed by atoms with Crippen molar-refractivity contribution < 1.29 is 34.2 Å². The Morgan fingerprint density at radius 2 is 1.78 bits per heavy atom. The van der Waals surface area contributed by atoms with Gasteiger partial charge in [0, 0.05) is 19.4 Å². The Labute approximate surface area is 214 Å². The van der Waals surface area contributed by atoms with Crippen molar-refractivity contribution in [3.63, 3.8) is 0 Å². The van der Waals surface area contributed by atoms with Gasteiger partial charge < -0.3 is 31.5 Å². The van der Waals surface area contributed by atoms with Crippen LogP contribution in [0.15, 0.2) is 30.3 Å². The summed E-state index contributed by atoms with van der Waals surface area (Å²) in [4.78, 5) is 63.1. The summed E-state index contributed by atoms with van der Waals surface area (Å²) in [6.45, 7) is 0.355. The lowest BCUT2D eigenvalue weighted by Crippen LogP contribution is -2.57. The van der Waals surface area contributed by atoms with Crippen LogP contribution >= 0.6 is 11.8 Å². The number of rotatable bonds is 14. The summed E-state index contributed by atoms with van der Waals surface area (Å²) in [6, 6.07) is 4.58. The Balaban J connectivity index is 2.11. The second-order valence-corrected chi connectivity index (χ2v) is 9.65. The number of hydrogen-bond acceptors (Lipinski definition) is 7. The number of carboxylic acids is 2. The van der Waals surface area contributed by atoms with Gasteiger partial charge in [0.2, 0.25) is 17.7 Å². The number of carbonyl (C=O) groups is 5. The maximum Gasteiger partial charge on any atom is 0.326 e. The third kappa shape index (κ3) is 8.83. The first-order valence-electron chi connectivity index (χ1n) is 11.8. The summed E-state index contributed by atoms with van der Waals surface area (Å²) < 4.78 is 0. The van der Waals surface area contributed by atoms with Crippen LogP contribution < -0.4 is 16.4 Å². The van der Waals surface area contributed by atoms with Gasteiger partial charge in [-0.2, -0.15) is 11.8 Å². The molecule has 4 atom stereocenters. The molecule has 198 valence electrons. The molecule has 0 spiro atoms. The molecule has 1 heterocycles. The van der Waals surface area contributed by atoms with Crippen LogP contribution in [0.2, 0.25) is 0 Å². The predicted octanol–water partition coefficient (Wildman–Crippen LogP) is 0.220. The lowest BCUT2D eigenvalue weighted by molar-refractivity contribution is -0.143. The van der Waals surface area contributed by atoms with Crippen molar-refractivity contribution in [2.45, 2.75) is 62.7 Å². The van der Waals surface area contributed by atoms with Gasteiger partial charge in [-0.15, -0.1) is 0 Å². The van der Waals surface area contributed by atoms with Crippen LogP contribution in [0.3, 0.4) is 0 Å². The third-order valence-corrected chi connectivity index (χ3v) is 6.61. The highest BCUT2D eigenvalue weighted by atomic mass is 32.2. The largest absolute Gasteiger partial charge is 0.481 e. The van der Waals surface area contributed by atoms with E-state index in [2.05, 4.69) is 10.6 Å². The molecule has 1 aromatic carbocycles.